The van der Waals surface area contributed by atoms with E-state index < -0.39 is 0 Å². The first-order valence-corrected chi connectivity index (χ1v) is 13.2. The van der Waals surface area contributed by atoms with E-state index in [-0.39, 0.29) is 30.1 Å². The van der Waals surface area contributed by atoms with Gasteiger partial charge in [-0.1, -0.05) is 24.3 Å². The molecular weight excluding hydrogens is 455 g/mol. The van der Waals surface area contributed by atoms with Crippen molar-refractivity contribution in [2.45, 2.75) is 64.3 Å². The zero-order valence-corrected chi connectivity index (χ0v) is 21.0. The number of amides is 2. The highest BCUT2D eigenvalue weighted by atomic mass is 19.1. The van der Waals surface area contributed by atoms with E-state index in [1.807, 2.05) is 17.9 Å². The third-order valence-corrected chi connectivity index (χ3v) is 7.90. The lowest BCUT2D eigenvalue weighted by Gasteiger charge is -2.44. The van der Waals surface area contributed by atoms with E-state index in [4.69, 9.17) is 0 Å². The molecule has 0 spiro atoms. The second-order valence-electron chi connectivity index (χ2n) is 10.3. The molecule has 0 bridgehead atoms. The molecule has 6 nitrogen and oxygen atoms in total. The highest BCUT2D eigenvalue weighted by Gasteiger charge is 2.35. The number of hydrogen-bond donors (Lipinski definition) is 1. The van der Waals surface area contributed by atoms with Crippen LogP contribution in [0.25, 0.3) is 11.0 Å². The molecule has 5 rings (SSSR count). The molecule has 1 aromatic heterocycles. The van der Waals surface area contributed by atoms with Crippen molar-refractivity contribution >= 4 is 22.8 Å². The Kier molecular flexibility index (Phi) is 7.35. The molecule has 0 saturated carbocycles. The topological polar surface area (TPSA) is 69.3 Å². The number of aromatic amines is 1. The molecule has 1 N–H and O–H groups in total. The fourth-order valence-corrected chi connectivity index (χ4v) is 5.94. The quantitative estimate of drug-likeness (QED) is 0.539. The minimum atomic E-state index is -0.323. The number of rotatable bonds is 6. The van der Waals surface area contributed by atoms with Crippen molar-refractivity contribution in [1.29, 1.82) is 0 Å². The standard InChI is InChI=1S/C29H35FN4O2/c1-20-31-25-11-9-21(18-26(25)32-20)10-12-28(35)34-15-5-4-8-27(34)22-13-16-33(17-14-22)29(36)19-23-6-2-3-7-24(23)30/h2-3,6-7,9,11,18,22,27H,4-5,8,10,12-17,19H2,1H3,(H,31,32). The molecule has 2 amide bonds. The third-order valence-electron chi connectivity index (χ3n) is 7.90. The number of H-pyrrole nitrogens is 1. The fourth-order valence-electron chi connectivity index (χ4n) is 5.94. The summed E-state index contributed by atoms with van der Waals surface area (Å²) in [7, 11) is 0. The number of fused-ring (bicyclic) bond motifs is 1. The Morgan fingerprint density at radius 1 is 1.03 bits per heavy atom. The van der Waals surface area contributed by atoms with Crippen LogP contribution in [0.5, 0.6) is 0 Å². The molecule has 3 heterocycles. The zero-order chi connectivity index (χ0) is 25.1. The molecule has 0 aliphatic carbocycles. The van der Waals surface area contributed by atoms with E-state index in [0.29, 0.717) is 31.0 Å². The Hall–Kier alpha value is -3.22. The van der Waals surface area contributed by atoms with Gasteiger partial charge in [-0.15, -0.1) is 0 Å². The number of piperidine rings is 2. The van der Waals surface area contributed by atoms with E-state index in [0.717, 1.165) is 67.5 Å². The maximum absolute atomic E-state index is 14.0. The minimum Gasteiger partial charge on any atom is -0.342 e. The van der Waals surface area contributed by atoms with Gasteiger partial charge in [0.15, 0.2) is 0 Å². The number of benzene rings is 2. The van der Waals surface area contributed by atoms with Gasteiger partial charge in [0.2, 0.25) is 11.8 Å². The number of nitrogens with one attached hydrogen (secondary N) is 1. The SMILES string of the molecule is Cc1nc2ccc(CCC(=O)N3CCCCC3C3CCN(C(=O)Cc4ccccc4F)CC3)cc2[nH]1. The van der Waals surface area contributed by atoms with Gasteiger partial charge in [-0.05, 0) is 80.7 Å². The zero-order valence-electron chi connectivity index (χ0n) is 21.0. The molecule has 2 aromatic carbocycles. The molecule has 3 aromatic rings. The van der Waals surface area contributed by atoms with Crippen LogP contribution in [0.2, 0.25) is 0 Å². The molecular formula is C29H35FN4O2. The maximum atomic E-state index is 14.0. The lowest BCUT2D eigenvalue weighted by Crippen LogP contribution is -2.51. The van der Waals surface area contributed by atoms with Crippen LogP contribution in [-0.2, 0) is 22.4 Å². The smallest absolute Gasteiger partial charge is 0.227 e. The van der Waals surface area contributed by atoms with Crippen molar-refractivity contribution in [2.24, 2.45) is 5.92 Å². The van der Waals surface area contributed by atoms with Gasteiger partial charge < -0.3 is 14.8 Å². The van der Waals surface area contributed by atoms with Gasteiger partial charge in [-0.25, -0.2) is 9.37 Å². The Morgan fingerprint density at radius 3 is 2.64 bits per heavy atom. The van der Waals surface area contributed by atoms with E-state index in [9.17, 15) is 14.0 Å². The number of imidazole rings is 1. The number of aromatic nitrogens is 2. The average molecular weight is 491 g/mol. The van der Waals surface area contributed by atoms with E-state index >= 15 is 0 Å². The van der Waals surface area contributed by atoms with Crippen LogP contribution in [0.3, 0.4) is 0 Å². The molecule has 1 atom stereocenters. The van der Waals surface area contributed by atoms with Crippen LogP contribution in [0.15, 0.2) is 42.5 Å². The van der Waals surface area contributed by atoms with Crippen LogP contribution in [-0.4, -0.2) is 57.3 Å². The molecule has 2 saturated heterocycles. The van der Waals surface area contributed by atoms with Crippen molar-refractivity contribution in [1.82, 2.24) is 19.8 Å². The Balaban J connectivity index is 1.15. The van der Waals surface area contributed by atoms with Crippen LogP contribution in [0, 0.1) is 18.7 Å². The summed E-state index contributed by atoms with van der Waals surface area (Å²) in [4.78, 5) is 37.8. The number of aryl methyl sites for hydroxylation is 2. The highest BCUT2D eigenvalue weighted by molar-refractivity contribution is 5.79. The minimum absolute atomic E-state index is 0.0143. The van der Waals surface area contributed by atoms with E-state index in [1.165, 1.54) is 6.07 Å². The molecule has 2 aliphatic heterocycles. The first-order chi connectivity index (χ1) is 17.5. The van der Waals surface area contributed by atoms with Crippen LogP contribution in [0.4, 0.5) is 4.39 Å². The van der Waals surface area contributed by atoms with Crippen molar-refractivity contribution in [2.75, 3.05) is 19.6 Å². The monoisotopic (exact) mass is 490 g/mol. The van der Waals surface area contributed by atoms with Gasteiger partial charge in [-0.2, -0.15) is 0 Å². The predicted molar refractivity (Wildman–Crippen MR) is 138 cm³/mol. The largest absolute Gasteiger partial charge is 0.342 e. The number of nitrogens with zero attached hydrogens (tertiary/aromatic N) is 3. The van der Waals surface area contributed by atoms with Crippen molar-refractivity contribution < 1.29 is 14.0 Å². The molecule has 7 heteroatoms. The highest BCUT2D eigenvalue weighted by Crippen LogP contribution is 2.31. The Morgan fingerprint density at radius 2 is 1.83 bits per heavy atom. The Bertz CT molecular complexity index is 1230. The summed E-state index contributed by atoms with van der Waals surface area (Å²) in [5.74, 6) is 1.21. The van der Waals surface area contributed by atoms with Gasteiger partial charge >= 0.3 is 0 Å². The van der Waals surface area contributed by atoms with Crippen molar-refractivity contribution in [3.8, 4) is 0 Å². The Labute approximate surface area is 211 Å². The number of likely N-dealkylation sites (tertiary alicyclic amines) is 2. The molecule has 1 unspecified atom stereocenters. The first kappa shape index (κ1) is 24.5. The number of halogens is 1. The third kappa shape index (κ3) is 5.45. The number of carbonyl (C=O) groups excluding carboxylic acids is 2. The van der Waals surface area contributed by atoms with Gasteiger partial charge in [0.25, 0.3) is 0 Å². The summed E-state index contributed by atoms with van der Waals surface area (Å²) < 4.78 is 14.0. The van der Waals surface area contributed by atoms with Crippen LogP contribution in [0.1, 0.15) is 55.5 Å². The van der Waals surface area contributed by atoms with Gasteiger partial charge in [0.05, 0.1) is 17.5 Å². The summed E-state index contributed by atoms with van der Waals surface area (Å²) >= 11 is 0. The summed E-state index contributed by atoms with van der Waals surface area (Å²) in [5.41, 5.74) is 3.58. The second kappa shape index (κ2) is 10.8. The molecule has 190 valence electrons. The summed E-state index contributed by atoms with van der Waals surface area (Å²) in [5, 5.41) is 0. The molecule has 2 aliphatic rings. The number of hydrogen-bond acceptors (Lipinski definition) is 3. The van der Waals surface area contributed by atoms with Crippen molar-refractivity contribution in [3.05, 3.63) is 65.2 Å². The van der Waals surface area contributed by atoms with Crippen LogP contribution >= 0.6 is 0 Å². The molecule has 36 heavy (non-hydrogen) atoms. The normalized spacial score (nSPS) is 19.1. The number of carbonyl (C=O) groups is 2. The molecule has 0 radical (unpaired) electrons. The first-order valence-electron chi connectivity index (χ1n) is 13.2. The average Bonchev–Trinajstić information content (AvgIpc) is 3.28. The molecule has 2 fully saturated rings. The van der Waals surface area contributed by atoms with Crippen LogP contribution < -0.4 is 0 Å². The van der Waals surface area contributed by atoms with E-state index in [2.05, 4.69) is 27.0 Å². The summed E-state index contributed by atoms with van der Waals surface area (Å²) in [6.45, 7) is 4.14. The fraction of sp³-hybridized carbons (Fsp3) is 0.483. The maximum Gasteiger partial charge on any atom is 0.227 e. The summed E-state index contributed by atoms with van der Waals surface area (Å²) in [6, 6.07) is 12.9. The van der Waals surface area contributed by atoms with E-state index in [1.54, 1.807) is 18.2 Å². The van der Waals surface area contributed by atoms with Gasteiger partial charge in [0, 0.05) is 32.1 Å². The second-order valence-corrected chi connectivity index (χ2v) is 10.3. The predicted octanol–water partition coefficient (Wildman–Crippen LogP) is 4.81. The summed E-state index contributed by atoms with van der Waals surface area (Å²) in [6.07, 6.45) is 6.38. The lowest BCUT2D eigenvalue weighted by molar-refractivity contribution is -0.138. The van der Waals surface area contributed by atoms with Gasteiger partial charge in [0.1, 0.15) is 11.6 Å². The van der Waals surface area contributed by atoms with Crippen molar-refractivity contribution in [3.63, 3.8) is 0 Å². The lowest BCUT2D eigenvalue weighted by atomic mass is 9.83. The van der Waals surface area contributed by atoms with Gasteiger partial charge in [-0.3, -0.25) is 9.59 Å².